The van der Waals surface area contributed by atoms with Crippen LogP contribution in [0.5, 0.6) is 0 Å². The molecule has 80 valence electrons. The van der Waals surface area contributed by atoms with E-state index in [2.05, 4.69) is 43.3 Å². The van der Waals surface area contributed by atoms with Crippen molar-refractivity contribution in [2.45, 2.75) is 32.6 Å². The van der Waals surface area contributed by atoms with Crippen LogP contribution in [-0.4, -0.2) is 25.0 Å². The van der Waals surface area contributed by atoms with E-state index in [0.717, 1.165) is 0 Å². The number of nitrogens with zero attached hydrogens (tertiary/aromatic N) is 1. The van der Waals surface area contributed by atoms with Crippen LogP contribution in [0.25, 0.3) is 0 Å². The standard InChI is InChI=1S/C12H21NS/c1-4-5-8-13(3)10-11(2)12-7-6-9-14-12/h6-7,9,11H,4-5,8,10H2,1-3H3. The molecule has 1 unspecified atom stereocenters. The van der Waals surface area contributed by atoms with Crippen LogP contribution in [-0.2, 0) is 0 Å². The fraction of sp³-hybridized carbons (Fsp3) is 0.667. The number of rotatable bonds is 6. The molecule has 0 fully saturated rings. The van der Waals surface area contributed by atoms with Crippen LogP contribution in [0.4, 0.5) is 0 Å². The number of thiophene rings is 1. The number of unbranched alkanes of at least 4 members (excludes halogenated alkanes) is 1. The number of hydrogen-bond donors (Lipinski definition) is 0. The average molecular weight is 211 g/mol. The summed E-state index contributed by atoms with van der Waals surface area (Å²) in [4.78, 5) is 3.95. The minimum atomic E-state index is 0.678. The van der Waals surface area contributed by atoms with Crippen LogP contribution in [0.2, 0.25) is 0 Å². The Morgan fingerprint density at radius 3 is 2.86 bits per heavy atom. The second kappa shape index (κ2) is 6.20. The summed E-state index contributed by atoms with van der Waals surface area (Å²) < 4.78 is 0. The van der Waals surface area contributed by atoms with Gasteiger partial charge >= 0.3 is 0 Å². The van der Waals surface area contributed by atoms with Crippen LogP contribution in [0.15, 0.2) is 17.5 Å². The van der Waals surface area contributed by atoms with E-state index in [1.54, 1.807) is 0 Å². The molecule has 2 heteroatoms. The minimum Gasteiger partial charge on any atom is -0.306 e. The van der Waals surface area contributed by atoms with Crippen LogP contribution < -0.4 is 0 Å². The quantitative estimate of drug-likeness (QED) is 0.695. The molecule has 1 nitrogen and oxygen atoms in total. The molecule has 1 aromatic heterocycles. The molecule has 0 aliphatic carbocycles. The highest BCUT2D eigenvalue weighted by Gasteiger charge is 2.08. The van der Waals surface area contributed by atoms with Crippen molar-refractivity contribution >= 4 is 11.3 Å². The van der Waals surface area contributed by atoms with Gasteiger partial charge in [-0.15, -0.1) is 11.3 Å². The summed E-state index contributed by atoms with van der Waals surface area (Å²) in [5.74, 6) is 0.678. The molecule has 0 amide bonds. The molecule has 0 bridgehead atoms. The maximum atomic E-state index is 2.44. The highest BCUT2D eigenvalue weighted by molar-refractivity contribution is 7.10. The van der Waals surface area contributed by atoms with Crippen molar-refractivity contribution in [2.75, 3.05) is 20.1 Å². The fourth-order valence-corrected chi connectivity index (χ4v) is 2.43. The van der Waals surface area contributed by atoms with Crippen molar-refractivity contribution in [1.82, 2.24) is 4.90 Å². The Morgan fingerprint density at radius 2 is 2.29 bits per heavy atom. The maximum absolute atomic E-state index is 2.44. The zero-order valence-corrected chi connectivity index (χ0v) is 10.3. The number of hydrogen-bond acceptors (Lipinski definition) is 2. The van der Waals surface area contributed by atoms with Crippen LogP contribution >= 0.6 is 11.3 Å². The van der Waals surface area contributed by atoms with Crippen molar-refractivity contribution in [1.29, 1.82) is 0 Å². The molecular formula is C12H21NS. The Balaban J connectivity index is 2.29. The second-order valence-corrected chi connectivity index (χ2v) is 5.01. The van der Waals surface area contributed by atoms with E-state index >= 15 is 0 Å². The summed E-state index contributed by atoms with van der Waals surface area (Å²) in [6.07, 6.45) is 2.60. The summed E-state index contributed by atoms with van der Waals surface area (Å²) in [6, 6.07) is 4.38. The van der Waals surface area contributed by atoms with Gasteiger partial charge in [0.1, 0.15) is 0 Å². The van der Waals surface area contributed by atoms with Gasteiger partial charge < -0.3 is 4.90 Å². The van der Waals surface area contributed by atoms with E-state index in [9.17, 15) is 0 Å². The zero-order chi connectivity index (χ0) is 10.4. The van der Waals surface area contributed by atoms with E-state index < -0.39 is 0 Å². The molecule has 0 aliphatic rings. The lowest BCUT2D eigenvalue weighted by molar-refractivity contribution is 0.313. The molecule has 0 aromatic carbocycles. The van der Waals surface area contributed by atoms with Gasteiger partial charge in [0.05, 0.1) is 0 Å². The minimum absolute atomic E-state index is 0.678. The van der Waals surface area contributed by atoms with Crippen LogP contribution in [0.3, 0.4) is 0 Å². The Bertz CT molecular complexity index is 230. The molecule has 0 aliphatic heterocycles. The van der Waals surface area contributed by atoms with Crippen molar-refractivity contribution in [3.05, 3.63) is 22.4 Å². The first-order valence-corrected chi connectivity index (χ1v) is 6.34. The molecule has 0 spiro atoms. The summed E-state index contributed by atoms with van der Waals surface area (Å²) in [6.45, 7) is 6.97. The highest BCUT2D eigenvalue weighted by Crippen LogP contribution is 2.21. The normalized spacial score (nSPS) is 13.4. The van der Waals surface area contributed by atoms with E-state index in [0.29, 0.717) is 5.92 Å². The first-order valence-electron chi connectivity index (χ1n) is 5.46. The molecule has 0 N–H and O–H groups in total. The zero-order valence-electron chi connectivity index (χ0n) is 9.49. The lowest BCUT2D eigenvalue weighted by Gasteiger charge is -2.20. The summed E-state index contributed by atoms with van der Waals surface area (Å²) in [5, 5.41) is 2.16. The molecular weight excluding hydrogens is 190 g/mol. The molecule has 1 heterocycles. The Kier molecular flexibility index (Phi) is 5.20. The van der Waals surface area contributed by atoms with Crippen LogP contribution in [0.1, 0.15) is 37.5 Å². The molecule has 0 saturated heterocycles. The third-order valence-corrected chi connectivity index (χ3v) is 3.61. The first-order chi connectivity index (χ1) is 6.74. The van der Waals surface area contributed by atoms with Gasteiger partial charge in [-0.25, -0.2) is 0 Å². The lowest BCUT2D eigenvalue weighted by Crippen LogP contribution is -2.24. The Labute approximate surface area is 91.8 Å². The Hall–Kier alpha value is -0.340. The maximum Gasteiger partial charge on any atom is 0.00861 e. The van der Waals surface area contributed by atoms with Crippen molar-refractivity contribution < 1.29 is 0 Å². The van der Waals surface area contributed by atoms with Gasteiger partial charge in [-0.2, -0.15) is 0 Å². The topological polar surface area (TPSA) is 3.24 Å². The van der Waals surface area contributed by atoms with Gasteiger partial charge in [0.15, 0.2) is 0 Å². The van der Waals surface area contributed by atoms with E-state index in [-0.39, 0.29) is 0 Å². The van der Waals surface area contributed by atoms with Gasteiger partial charge in [0.25, 0.3) is 0 Å². The van der Waals surface area contributed by atoms with Crippen LogP contribution in [0, 0.1) is 0 Å². The molecule has 0 saturated carbocycles. The van der Waals surface area contributed by atoms with Crippen molar-refractivity contribution in [3.8, 4) is 0 Å². The largest absolute Gasteiger partial charge is 0.306 e. The third-order valence-electron chi connectivity index (χ3n) is 2.51. The van der Waals surface area contributed by atoms with Gasteiger partial charge in [-0.1, -0.05) is 26.3 Å². The average Bonchev–Trinajstić information content (AvgIpc) is 2.67. The third kappa shape index (κ3) is 3.81. The van der Waals surface area contributed by atoms with E-state index in [4.69, 9.17) is 0 Å². The van der Waals surface area contributed by atoms with E-state index in [1.165, 1.54) is 30.8 Å². The smallest absolute Gasteiger partial charge is 0.00861 e. The summed E-state index contributed by atoms with van der Waals surface area (Å²) in [5.41, 5.74) is 0. The molecule has 1 atom stereocenters. The SMILES string of the molecule is CCCCN(C)CC(C)c1cccs1. The summed E-state index contributed by atoms with van der Waals surface area (Å²) >= 11 is 1.87. The predicted molar refractivity (Wildman–Crippen MR) is 65.1 cm³/mol. The van der Waals surface area contributed by atoms with E-state index in [1.807, 2.05) is 11.3 Å². The van der Waals surface area contributed by atoms with Gasteiger partial charge in [0, 0.05) is 17.3 Å². The first kappa shape index (κ1) is 11.7. The monoisotopic (exact) mass is 211 g/mol. The lowest BCUT2D eigenvalue weighted by atomic mass is 10.1. The fourth-order valence-electron chi connectivity index (χ4n) is 1.65. The van der Waals surface area contributed by atoms with Gasteiger partial charge in [-0.3, -0.25) is 0 Å². The predicted octanol–water partition coefficient (Wildman–Crippen LogP) is 3.58. The number of likely N-dealkylation sites (N-methyl/N-ethyl adjacent to an activating group) is 1. The molecule has 0 radical (unpaired) electrons. The highest BCUT2D eigenvalue weighted by atomic mass is 32.1. The molecule has 1 aromatic rings. The van der Waals surface area contributed by atoms with Crippen molar-refractivity contribution in [2.24, 2.45) is 0 Å². The molecule has 1 rings (SSSR count). The second-order valence-electron chi connectivity index (χ2n) is 4.03. The van der Waals surface area contributed by atoms with Gasteiger partial charge in [-0.05, 0) is 31.5 Å². The van der Waals surface area contributed by atoms with Gasteiger partial charge in [0.2, 0.25) is 0 Å². The van der Waals surface area contributed by atoms with Crippen molar-refractivity contribution in [3.63, 3.8) is 0 Å². The Morgan fingerprint density at radius 1 is 1.50 bits per heavy atom. The summed E-state index contributed by atoms with van der Waals surface area (Å²) in [7, 11) is 2.22. The molecule has 14 heavy (non-hydrogen) atoms.